The Kier molecular flexibility index (Phi) is 3.12. The van der Waals surface area contributed by atoms with Crippen molar-refractivity contribution >= 4 is 0 Å². The van der Waals surface area contributed by atoms with E-state index >= 15 is 0 Å². The zero-order chi connectivity index (χ0) is 12.4. The maximum atomic E-state index is 5.59. The van der Waals surface area contributed by atoms with E-state index in [9.17, 15) is 0 Å². The number of hydrogen-bond donors (Lipinski definition) is 1. The number of aromatic nitrogens is 2. The SMILES string of the molecule is CC1CN(Cc2nnc(-c3ccco3)o2)CCN1. The number of rotatable bonds is 3. The van der Waals surface area contributed by atoms with Gasteiger partial charge in [0.05, 0.1) is 12.8 Å². The second-order valence-electron chi connectivity index (χ2n) is 4.57. The highest BCUT2D eigenvalue weighted by atomic mass is 16.4. The van der Waals surface area contributed by atoms with Crippen LogP contribution in [0.2, 0.25) is 0 Å². The molecule has 1 unspecified atom stereocenters. The van der Waals surface area contributed by atoms with Crippen molar-refractivity contribution in [1.29, 1.82) is 0 Å². The van der Waals surface area contributed by atoms with E-state index in [1.165, 1.54) is 0 Å². The van der Waals surface area contributed by atoms with Crippen molar-refractivity contribution in [2.75, 3.05) is 19.6 Å². The fourth-order valence-corrected chi connectivity index (χ4v) is 2.16. The van der Waals surface area contributed by atoms with Crippen LogP contribution in [-0.2, 0) is 6.54 Å². The summed E-state index contributed by atoms with van der Waals surface area (Å²) in [6, 6.07) is 4.12. The molecule has 0 bridgehead atoms. The van der Waals surface area contributed by atoms with Gasteiger partial charge in [-0.1, -0.05) is 0 Å². The van der Waals surface area contributed by atoms with E-state index in [0.29, 0.717) is 30.1 Å². The lowest BCUT2D eigenvalue weighted by atomic mass is 10.2. The molecular weight excluding hydrogens is 232 g/mol. The first-order chi connectivity index (χ1) is 8.81. The molecule has 6 heteroatoms. The summed E-state index contributed by atoms with van der Waals surface area (Å²) in [7, 11) is 0. The molecule has 0 radical (unpaired) electrons. The van der Waals surface area contributed by atoms with Crippen LogP contribution >= 0.6 is 0 Å². The van der Waals surface area contributed by atoms with Crippen LogP contribution in [0.5, 0.6) is 0 Å². The summed E-state index contributed by atoms with van der Waals surface area (Å²) < 4.78 is 10.8. The Morgan fingerprint density at radius 2 is 2.44 bits per heavy atom. The third kappa shape index (κ3) is 2.44. The summed E-state index contributed by atoms with van der Waals surface area (Å²) in [4.78, 5) is 2.31. The average Bonchev–Trinajstić information content (AvgIpc) is 2.98. The number of nitrogens with zero attached hydrogens (tertiary/aromatic N) is 3. The molecule has 0 spiro atoms. The van der Waals surface area contributed by atoms with Crippen LogP contribution in [0.15, 0.2) is 27.2 Å². The van der Waals surface area contributed by atoms with Gasteiger partial charge in [-0.2, -0.15) is 0 Å². The molecule has 1 N–H and O–H groups in total. The van der Waals surface area contributed by atoms with E-state index in [1.807, 2.05) is 6.07 Å². The molecule has 2 aromatic rings. The minimum Gasteiger partial charge on any atom is -0.459 e. The Bertz CT molecular complexity index is 494. The lowest BCUT2D eigenvalue weighted by Crippen LogP contribution is -2.48. The van der Waals surface area contributed by atoms with Crippen LogP contribution in [-0.4, -0.2) is 40.8 Å². The fraction of sp³-hybridized carbons (Fsp3) is 0.500. The van der Waals surface area contributed by atoms with Crippen molar-refractivity contribution in [3.8, 4) is 11.7 Å². The average molecular weight is 248 g/mol. The standard InChI is InChI=1S/C12H16N4O2/c1-9-7-16(5-4-13-9)8-11-14-15-12(18-11)10-3-2-6-17-10/h2-3,6,9,13H,4-5,7-8H2,1H3. The first kappa shape index (κ1) is 11.4. The van der Waals surface area contributed by atoms with Gasteiger partial charge in [0.25, 0.3) is 5.89 Å². The van der Waals surface area contributed by atoms with Crippen molar-refractivity contribution in [3.63, 3.8) is 0 Å². The predicted molar refractivity (Wildman–Crippen MR) is 64.7 cm³/mol. The Morgan fingerprint density at radius 1 is 1.50 bits per heavy atom. The van der Waals surface area contributed by atoms with Crippen molar-refractivity contribution in [3.05, 3.63) is 24.3 Å². The van der Waals surface area contributed by atoms with Gasteiger partial charge in [0, 0.05) is 25.7 Å². The second kappa shape index (κ2) is 4.91. The van der Waals surface area contributed by atoms with Gasteiger partial charge in [0.1, 0.15) is 0 Å². The van der Waals surface area contributed by atoms with E-state index < -0.39 is 0 Å². The molecule has 0 saturated carbocycles. The highest BCUT2D eigenvalue weighted by Crippen LogP contribution is 2.18. The molecular formula is C12H16N4O2. The largest absolute Gasteiger partial charge is 0.459 e. The molecule has 3 rings (SSSR count). The van der Waals surface area contributed by atoms with Gasteiger partial charge in [-0.25, -0.2) is 0 Å². The number of hydrogen-bond acceptors (Lipinski definition) is 6. The smallest absolute Gasteiger partial charge is 0.283 e. The lowest BCUT2D eigenvalue weighted by Gasteiger charge is -2.30. The van der Waals surface area contributed by atoms with Crippen molar-refractivity contribution in [2.24, 2.45) is 0 Å². The number of piperazine rings is 1. The zero-order valence-corrected chi connectivity index (χ0v) is 10.3. The Morgan fingerprint density at radius 3 is 3.22 bits per heavy atom. The molecule has 1 aliphatic rings. The maximum absolute atomic E-state index is 5.59. The summed E-state index contributed by atoms with van der Waals surface area (Å²) in [6.45, 7) is 5.87. The Hall–Kier alpha value is -1.66. The summed E-state index contributed by atoms with van der Waals surface area (Å²) in [5.41, 5.74) is 0. The van der Waals surface area contributed by atoms with Gasteiger partial charge >= 0.3 is 0 Å². The predicted octanol–water partition coefficient (Wildman–Crippen LogP) is 1.12. The Labute approximate surface area is 105 Å². The molecule has 2 aromatic heterocycles. The van der Waals surface area contributed by atoms with Crippen molar-refractivity contribution in [2.45, 2.75) is 19.5 Å². The molecule has 1 saturated heterocycles. The molecule has 1 fully saturated rings. The third-order valence-corrected chi connectivity index (χ3v) is 3.01. The minimum atomic E-state index is 0.443. The van der Waals surface area contributed by atoms with Gasteiger partial charge in [0.15, 0.2) is 5.76 Å². The number of furan rings is 1. The topological polar surface area (TPSA) is 67.3 Å². The first-order valence-corrected chi connectivity index (χ1v) is 6.13. The van der Waals surface area contributed by atoms with E-state index in [4.69, 9.17) is 8.83 Å². The van der Waals surface area contributed by atoms with Gasteiger partial charge < -0.3 is 14.2 Å². The highest BCUT2D eigenvalue weighted by molar-refractivity contribution is 5.42. The van der Waals surface area contributed by atoms with Crippen molar-refractivity contribution in [1.82, 2.24) is 20.4 Å². The zero-order valence-electron chi connectivity index (χ0n) is 10.3. The summed E-state index contributed by atoms with van der Waals surface area (Å²) >= 11 is 0. The monoisotopic (exact) mass is 248 g/mol. The van der Waals surface area contributed by atoms with Crippen LogP contribution in [0.4, 0.5) is 0 Å². The number of nitrogens with one attached hydrogen (secondary N) is 1. The van der Waals surface area contributed by atoms with E-state index in [2.05, 4.69) is 27.3 Å². The van der Waals surface area contributed by atoms with Crippen molar-refractivity contribution < 1.29 is 8.83 Å². The first-order valence-electron chi connectivity index (χ1n) is 6.13. The summed E-state index contributed by atoms with van der Waals surface area (Å²) in [5, 5.41) is 11.4. The molecule has 0 amide bonds. The van der Waals surface area contributed by atoms with Crippen LogP contribution in [0.3, 0.4) is 0 Å². The Balaban J connectivity index is 1.66. The van der Waals surface area contributed by atoms with Crippen LogP contribution in [0.25, 0.3) is 11.7 Å². The molecule has 0 aliphatic carbocycles. The van der Waals surface area contributed by atoms with Gasteiger partial charge in [-0.15, -0.1) is 10.2 Å². The fourth-order valence-electron chi connectivity index (χ4n) is 2.16. The van der Waals surface area contributed by atoms with Crippen LogP contribution in [0.1, 0.15) is 12.8 Å². The second-order valence-corrected chi connectivity index (χ2v) is 4.57. The van der Waals surface area contributed by atoms with E-state index in [-0.39, 0.29) is 0 Å². The molecule has 18 heavy (non-hydrogen) atoms. The van der Waals surface area contributed by atoms with Gasteiger partial charge in [0.2, 0.25) is 5.89 Å². The van der Waals surface area contributed by atoms with Gasteiger partial charge in [-0.3, -0.25) is 4.90 Å². The highest BCUT2D eigenvalue weighted by Gasteiger charge is 2.18. The maximum Gasteiger partial charge on any atom is 0.283 e. The summed E-state index contributed by atoms with van der Waals surface area (Å²) in [5.74, 6) is 1.69. The molecule has 0 aromatic carbocycles. The molecule has 3 heterocycles. The molecule has 6 nitrogen and oxygen atoms in total. The van der Waals surface area contributed by atoms with Crippen LogP contribution < -0.4 is 5.32 Å². The minimum absolute atomic E-state index is 0.443. The third-order valence-electron chi connectivity index (χ3n) is 3.01. The molecule has 1 atom stereocenters. The van der Waals surface area contributed by atoms with Gasteiger partial charge in [-0.05, 0) is 19.1 Å². The normalized spacial score (nSPS) is 21.3. The summed E-state index contributed by atoms with van der Waals surface area (Å²) in [6.07, 6.45) is 1.59. The van der Waals surface area contributed by atoms with Crippen LogP contribution in [0, 0.1) is 0 Å². The molecule has 96 valence electrons. The quantitative estimate of drug-likeness (QED) is 0.878. The van der Waals surface area contributed by atoms with E-state index in [1.54, 1.807) is 12.3 Å². The molecule has 1 aliphatic heterocycles. The van der Waals surface area contributed by atoms with E-state index in [0.717, 1.165) is 19.6 Å². The lowest BCUT2D eigenvalue weighted by molar-refractivity contribution is 0.184.